The molecule has 0 aliphatic heterocycles. The third kappa shape index (κ3) is 5.56. The Morgan fingerprint density at radius 1 is 1.25 bits per heavy atom. The first-order valence-corrected chi connectivity index (χ1v) is 12.4. The summed E-state index contributed by atoms with van der Waals surface area (Å²) in [6.07, 6.45) is 10.0. The van der Waals surface area contributed by atoms with Crippen molar-refractivity contribution < 1.29 is 25.5 Å². The Hall–Kier alpha value is -0.980. The van der Waals surface area contributed by atoms with E-state index in [0.717, 1.165) is 36.8 Å². The van der Waals surface area contributed by atoms with Crippen LogP contribution in [0.15, 0.2) is 35.5 Å². The Kier molecular flexibility index (Phi) is 8.10. The number of fused-ring (bicyclic) bond motifs is 1. The van der Waals surface area contributed by atoms with Gasteiger partial charge in [-0.3, -0.25) is 0 Å². The molecule has 3 fully saturated rings. The lowest BCUT2D eigenvalue weighted by Gasteiger charge is -2.45. The topological polar surface area (TPSA) is 101 Å². The molecule has 0 radical (unpaired) electrons. The van der Waals surface area contributed by atoms with Crippen molar-refractivity contribution in [2.24, 2.45) is 23.2 Å². The van der Waals surface area contributed by atoms with Crippen LogP contribution in [0.25, 0.3) is 0 Å². The summed E-state index contributed by atoms with van der Waals surface area (Å²) in [5.74, 6) is 1.38. The number of rotatable bonds is 7. The average molecular weight is 449 g/mol. The highest BCUT2D eigenvalue weighted by Gasteiger charge is 2.50. The summed E-state index contributed by atoms with van der Waals surface area (Å²) in [4.78, 5) is 0. The summed E-state index contributed by atoms with van der Waals surface area (Å²) in [6.45, 7) is 9.90. The minimum Gasteiger partial charge on any atom is -0.393 e. The van der Waals surface area contributed by atoms with E-state index in [-0.39, 0.29) is 18.4 Å². The van der Waals surface area contributed by atoms with Gasteiger partial charge in [-0.25, -0.2) is 0 Å². The van der Waals surface area contributed by atoms with Crippen LogP contribution in [-0.2, 0) is 0 Å². The number of hydrogen-bond acceptors (Lipinski definition) is 5. The van der Waals surface area contributed by atoms with Gasteiger partial charge in [0.2, 0.25) is 0 Å². The zero-order valence-corrected chi connectivity index (χ0v) is 20.1. The van der Waals surface area contributed by atoms with E-state index in [2.05, 4.69) is 32.6 Å². The van der Waals surface area contributed by atoms with Crippen LogP contribution in [0.4, 0.5) is 0 Å². The Balaban J connectivity index is 1.71. The fraction of sp³-hybridized carbons (Fsp3) is 0.778. The molecule has 5 N–H and O–H groups in total. The largest absolute Gasteiger partial charge is 0.393 e. The van der Waals surface area contributed by atoms with E-state index in [1.807, 2.05) is 0 Å². The molecule has 182 valence electrons. The minimum absolute atomic E-state index is 0.195. The maximum atomic E-state index is 10.5. The quantitative estimate of drug-likeness (QED) is 0.409. The number of allylic oxidation sites excluding steroid dienone is 3. The van der Waals surface area contributed by atoms with E-state index in [9.17, 15) is 25.5 Å². The average Bonchev–Trinajstić information content (AvgIpc) is 3.06. The van der Waals surface area contributed by atoms with Crippen molar-refractivity contribution in [3.05, 3.63) is 35.5 Å². The minimum atomic E-state index is -1.24. The molecule has 0 unspecified atom stereocenters. The molecule has 0 aromatic carbocycles. The molecule has 0 aromatic heterocycles. The molecule has 0 aromatic rings. The SMILES string of the molecule is C=C1/C(=C/C=C2\CCC[C@]3(C)[C@@H]([C@H](C)C[C@H](O)C[C@@](C)(O)CO)CC[C@@H]23)C[C@@H](O)C[C@@H]1O. The normalized spacial score (nSPS) is 39.7. The molecular weight excluding hydrogens is 404 g/mol. The summed E-state index contributed by atoms with van der Waals surface area (Å²) in [7, 11) is 0. The first-order valence-electron chi connectivity index (χ1n) is 12.4. The molecular formula is C27H44O5. The molecule has 3 rings (SSSR count). The highest BCUT2D eigenvalue weighted by atomic mass is 16.3. The lowest BCUT2D eigenvalue weighted by Crippen LogP contribution is -2.38. The van der Waals surface area contributed by atoms with E-state index in [0.29, 0.717) is 37.0 Å². The van der Waals surface area contributed by atoms with E-state index in [1.165, 1.54) is 12.0 Å². The van der Waals surface area contributed by atoms with Crippen LogP contribution in [0, 0.1) is 23.2 Å². The van der Waals surface area contributed by atoms with Crippen LogP contribution in [-0.4, -0.2) is 56.1 Å². The van der Waals surface area contributed by atoms with Crippen molar-refractivity contribution >= 4 is 0 Å². The highest BCUT2D eigenvalue weighted by molar-refractivity contribution is 5.38. The van der Waals surface area contributed by atoms with Crippen LogP contribution in [0.2, 0.25) is 0 Å². The maximum Gasteiger partial charge on any atom is 0.0874 e. The van der Waals surface area contributed by atoms with Crippen molar-refractivity contribution in [2.75, 3.05) is 6.61 Å². The Morgan fingerprint density at radius 3 is 2.66 bits per heavy atom. The van der Waals surface area contributed by atoms with Gasteiger partial charge in [-0.1, -0.05) is 38.2 Å². The van der Waals surface area contributed by atoms with Gasteiger partial charge in [-0.05, 0) is 86.2 Å². The van der Waals surface area contributed by atoms with Crippen molar-refractivity contribution in [2.45, 2.75) is 102 Å². The summed E-state index contributed by atoms with van der Waals surface area (Å²) < 4.78 is 0. The monoisotopic (exact) mass is 448 g/mol. The van der Waals surface area contributed by atoms with Crippen molar-refractivity contribution in [1.29, 1.82) is 0 Å². The first kappa shape index (κ1) is 25.6. The number of aliphatic hydroxyl groups excluding tert-OH is 4. The Labute approximate surface area is 193 Å². The van der Waals surface area contributed by atoms with Crippen molar-refractivity contribution in [1.82, 2.24) is 0 Å². The van der Waals surface area contributed by atoms with Crippen molar-refractivity contribution in [3.63, 3.8) is 0 Å². The molecule has 32 heavy (non-hydrogen) atoms. The van der Waals surface area contributed by atoms with E-state index < -0.39 is 23.9 Å². The molecule has 0 bridgehead atoms. The zero-order valence-electron chi connectivity index (χ0n) is 20.1. The van der Waals surface area contributed by atoms with E-state index in [4.69, 9.17) is 0 Å². The van der Waals surface area contributed by atoms with Gasteiger partial charge in [-0.2, -0.15) is 0 Å². The molecule has 3 aliphatic carbocycles. The standard InChI is InChI=1S/C27H44O5/c1-17(12-22(30)15-26(3,32)16-28)23-9-10-24-19(6-5-11-27(23,24)4)7-8-20-13-21(29)14-25(31)18(20)2/h7-8,17,21-25,28-32H,2,5-6,9-16H2,1,3-4H3/b19-7+,20-8+/t17-,21-,22+,23-,24+,25+,26-,27-/m1/s1. The van der Waals surface area contributed by atoms with Gasteiger partial charge in [0, 0.05) is 12.8 Å². The summed E-state index contributed by atoms with van der Waals surface area (Å²) in [5.41, 5.74) is 2.12. The van der Waals surface area contributed by atoms with Crippen LogP contribution in [0.1, 0.15) is 78.6 Å². The van der Waals surface area contributed by atoms with Crippen LogP contribution in [0.3, 0.4) is 0 Å². The van der Waals surface area contributed by atoms with Gasteiger partial charge in [-0.15, -0.1) is 0 Å². The molecule has 5 nitrogen and oxygen atoms in total. The molecule has 0 saturated heterocycles. The fourth-order valence-corrected chi connectivity index (χ4v) is 6.93. The first-order chi connectivity index (χ1) is 15.0. The fourth-order valence-electron chi connectivity index (χ4n) is 6.93. The van der Waals surface area contributed by atoms with Gasteiger partial charge in [0.05, 0.1) is 30.5 Å². The number of aliphatic hydroxyl groups is 5. The predicted molar refractivity (Wildman–Crippen MR) is 127 cm³/mol. The Morgan fingerprint density at radius 2 is 1.97 bits per heavy atom. The summed E-state index contributed by atoms with van der Waals surface area (Å²) >= 11 is 0. The van der Waals surface area contributed by atoms with Gasteiger partial charge >= 0.3 is 0 Å². The Bertz CT molecular complexity index is 738. The smallest absolute Gasteiger partial charge is 0.0874 e. The molecule has 3 aliphatic rings. The predicted octanol–water partition coefficient (Wildman–Crippen LogP) is 3.65. The second-order valence-corrected chi connectivity index (χ2v) is 11.4. The molecule has 5 heteroatoms. The van der Waals surface area contributed by atoms with Crippen LogP contribution >= 0.6 is 0 Å². The molecule has 8 atom stereocenters. The maximum absolute atomic E-state index is 10.5. The lowest BCUT2D eigenvalue weighted by atomic mass is 9.60. The summed E-state index contributed by atoms with van der Waals surface area (Å²) in [6, 6.07) is 0. The third-order valence-electron chi connectivity index (χ3n) is 8.65. The van der Waals surface area contributed by atoms with Gasteiger partial charge in [0.15, 0.2) is 0 Å². The van der Waals surface area contributed by atoms with Gasteiger partial charge in [0.1, 0.15) is 0 Å². The van der Waals surface area contributed by atoms with E-state index in [1.54, 1.807) is 6.92 Å². The van der Waals surface area contributed by atoms with Crippen LogP contribution < -0.4 is 0 Å². The van der Waals surface area contributed by atoms with Gasteiger partial charge < -0.3 is 25.5 Å². The number of hydrogen-bond donors (Lipinski definition) is 5. The molecule has 0 spiro atoms. The third-order valence-corrected chi connectivity index (χ3v) is 8.65. The van der Waals surface area contributed by atoms with Crippen LogP contribution in [0.5, 0.6) is 0 Å². The van der Waals surface area contributed by atoms with Crippen molar-refractivity contribution in [3.8, 4) is 0 Å². The molecule has 3 saturated carbocycles. The second kappa shape index (κ2) is 10.1. The second-order valence-electron chi connectivity index (χ2n) is 11.4. The van der Waals surface area contributed by atoms with E-state index >= 15 is 0 Å². The highest BCUT2D eigenvalue weighted by Crippen LogP contribution is 2.60. The zero-order chi connectivity index (χ0) is 23.7. The summed E-state index contributed by atoms with van der Waals surface area (Å²) in [5, 5.41) is 50.1. The van der Waals surface area contributed by atoms with Gasteiger partial charge in [0.25, 0.3) is 0 Å². The lowest BCUT2D eigenvalue weighted by molar-refractivity contribution is -0.0439. The molecule has 0 heterocycles. The molecule has 0 amide bonds.